The van der Waals surface area contributed by atoms with E-state index < -0.39 is 15.9 Å². The van der Waals surface area contributed by atoms with E-state index >= 15 is 0 Å². The first-order valence-corrected chi connectivity index (χ1v) is 7.63. The lowest BCUT2D eigenvalue weighted by Gasteiger charge is -2.04. The summed E-state index contributed by atoms with van der Waals surface area (Å²) in [5.74, 6) is -0.979. The zero-order chi connectivity index (χ0) is 15.2. The molecular weight excluding hydrogens is 286 g/mol. The summed E-state index contributed by atoms with van der Waals surface area (Å²) < 4.78 is 28.0. The number of nitrogens with zero attached hydrogens (tertiary/aromatic N) is 1. The van der Waals surface area contributed by atoms with Gasteiger partial charge < -0.3 is 4.74 Å². The summed E-state index contributed by atoms with van der Waals surface area (Å²) in [4.78, 5) is 24.7. The molecule has 0 fully saturated rings. The average molecular weight is 302 g/mol. The molecule has 1 aromatic heterocycles. The lowest BCUT2D eigenvalue weighted by molar-refractivity contribution is -0.686. The molecule has 8 nitrogen and oxygen atoms in total. The second-order valence-electron chi connectivity index (χ2n) is 3.89. The van der Waals surface area contributed by atoms with E-state index in [1.165, 1.54) is 24.5 Å². The smallest absolute Gasteiger partial charge is 0.372 e. The SMILES string of the molecule is CCOC(=O)C[n+]1ccc(C(=O)NNS(C)(=O)=O)cc1. The molecule has 0 saturated heterocycles. The Balaban J connectivity index is 2.62. The van der Waals surface area contributed by atoms with Gasteiger partial charge in [-0.25, -0.2) is 13.2 Å². The molecule has 0 bridgehead atoms. The average Bonchev–Trinajstić information content (AvgIpc) is 2.36. The first-order chi connectivity index (χ1) is 9.31. The number of rotatable bonds is 6. The Morgan fingerprint density at radius 1 is 1.30 bits per heavy atom. The molecule has 0 radical (unpaired) electrons. The van der Waals surface area contributed by atoms with Gasteiger partial charge in [-0.2, -0.15) is 4.57 Å². The van der Waals surface area contributed by atoms with Crippen molar-refractivity contribution in [2.45, 2.75) is 13.5 Å². The molecule has 0 aliphatic heterocycles. The monoisotopic (exact) mass is 302 g/mol. The highest BCUT2D eigenvalue weighted by molar-refractivity contribution is 7.88. The molecule has 0 aliphatic rings. The van der Waals surface area contributed by atoms with Crippen LogP contribution in [0.15, 0.2) is 24.5 Å². The highest BCUT2D eigenvalue weighted by Gasteiger charge is 2.13. The van der Waals surface area contributed by atoms with Crippen molar-refractivity contribution in [3.8, 4) is 0 Å². The highest BCUT2D eigenvalue weighted by atomic mass is 32.2. The Hall–Kier alpha value is -2.00. The zero-order valence-electron chi connectivity index (χ0n) is 11.1. The number of hydrogen-bond donors (Lipinski definition) is 2. The normalized spacial score (nSPS) is 10.9. The van der Waals surface area contributed by atoms with E-state index in [-0.39, 0.29) is 18.1 Å². The van der Waals surface area contributed by atoms with Crippen molar-refractivity contribution in [1.82, 2.24) is 10.3 Å². The second-order valence-corrected chi connectivity index (χ2v) is 5.64. The number of esters is 1. The van der Waals surface area contributed by atoms with Crippen molar-refractivity contribution in [3.05, 3.63) is 30.1 Å². The molecule has 0 aliphatic carbocycles. The number of amides is 1. The number of pyridine rings is 1. The fraction of sp³-hybridized carbons (Fsp3) is 0.364. The van der Waals surface area contributed by atoms with Gasteiger partial charge >= 0.3 is 5.97 Å². The first-order valence-electron chi connectivity index (χ1n) is 5.73. The molecule has 0 atom stereocenters. The number of ether oxygens (including phenoxy) is 1. The maximum absolute atomic E-state index is 11.6. The predicted octanol–water partition coefficient (Wildman–Crippen LogP) is -1.27. The quantitative estimate of drug-likeness (QED) is 0.387. The molecule has 20 heavy (non-hydrogen) atoms. The molecule has 1 aromatic rings. The van der Waals surface area contributed by atoms with Crippen molar-refractivity contribution >= 4 is 21.9 Å². The van der Waals surface area contributed by atoms with Gasteiger partial charge in [0.15, 0.2) is 12.4 Å². The summed E-state index contributed by atoms with van der Waals surface area (Å²) in [6.45, 7) is 2.05. The van der Waals surface area contributed by atoms with Gasteiger partial charge in [0.05, 0.1) is 18.4 Å². The van der Waals surface area contributed by atoms with Crippen LogP contribution in [0.3, 0.4) is 0 Å². The van der Waals surface area contributed by atoms with Gasteiger partial charge in [0.25, 0.3) is 5.91 Å². The summed E-state index contributed by atoms with van der Waals surface area (Å²) in [5, 5.41) is 0. The number of hydrazine groups is 1. The van der Waals surface area contributed by atoms with Crippen LogP contribution in [-0.2, 0) is 26.1 Å². The Labute approximate surface area is 116 Å². The summed E-state index contributed by atoms with van der Waals surface area (Å²) >= 11 is 0. The van der Waals surface area contributed by atoms with E-state index in [0.29, 0.717) is 6.61 Å². The summed E-state index contributed by atoms with van der Waals surface area (Å²) in [5.41, 5.74) is 2.29. The summed E-state index contributed by atoms with van der Waals surface area (Å²) in [6, 6.07) is 2.91. The van der Waals surface area contributed by atoms with Crippen LogP contribution in [-0.4, -0.2) is 33.2 Å². The molecule has 0 spiro atoms. The van der Waals surface area contributed by atoms with Crippen molar-refractivity contribution < 1.29 is 27.3 Å². The van der Waals surface area contributed by atoms with E-state index in [1.807, 2.05) is 10.3 Å². The van der Waals surface area contributed by atoms with Crippen LogP contribution in [0.5, 0.6) is 0 Å². The molecule has 0 aromatic carbocycles. The van der Waals surface area contributed by atoms with Crippen LogP contribution in [0.25, 0.3) is 0 Å². The number of nitrogens with one attached hydrogen (secondary N) is 2. The lowest BCUT2D eigenvalue weighted by atomic mass is 10.2. The molecule has 0 saturated carbocycles. The van der Waals surface area contributed by atoms with E-state index in [4.69, 9.17) is 4.74 Å². The predicted molar refractivity (Wildman–Crippen MR) is 68.7 cm³/mol. The van der Waals surface area contributed by atoms with Crippen LogP contribution in [0.2, 0.25) is 0 Å². The molecular formula is C11H16N3O5S+. The molecule has 9 heteroatoms. The number of carbonyl (C=O) groups is 2. The van der Waals surface area contributed by atoms with E-state index in [2.05, 4.69) is 0 Å². The Morgan fingerprint density at radius 2 is 1.90 bits per heavy atom. The Kier molecular flexibility index (Phi) is 5.59. The fourth-order valence-corrected chi connectivity index (χ4v) is 1.56. The number of aromatic nitrogens is 1. The molecule has 1 rings (SSSR count). The maximum atomic E-state index is 11.6. The standard InChI is InChI=1S/C11H15N3O5S/c1-3-19-10(15)8-14-6-4-9(5-7-14)11(16)12-13-20(2,17)18/h4-7,16H,3,8H2,1-2H3/p+1. The van der Waals surface area contributed by atoms with Crippen LogP contribution in [0, 0.1) is 0 Å². The van der Waals surface area contributed by atoms with Gasteiger partial charge in [0.2, 0.25) is 16.6 Å². The van der Waals surface area contributed by atoms with Gasteiger partial charge in [-0.3, -0.25) is 10.2 Å². The maximum Gasteiger partial charge on any atom is 0.372 e. The number of sulfonamides is 1. The second kappa shape index (κ2) is 6.96. The van der Waals surface area contributed by atoms with Crippen LogP contribution >= 0.6 is 0 Å². The van der Waals surface area contributed by atoms with Crippen LogP contribution < -0.4 is 14.8 Å². The third-order valence-corrected chi connectivity index (χ3v) is 2.59. The minimum absolute atomic E-state index is 0.0390. The van der Waals surface area contributed by atoms with Gasteiger partial charge in [-0.05, 0) is 6.92 Å². The topological polar surface area (TPSA) is 105 Å². The van der Waals surface area contributed by atoms with Crippen molar-refractivity contribution in [2.24, 2.45) is 0 Å². The van der Waals surface area contributed by atoms with Crippen LogP contribution in [0.4, 0.5) is 0 Å². The minimum atomic E-state index is -3.51. The fourth-order valence-electron chi connectivity index (χ4n) is 1.28. The van der Waals surface area contributed by atoms with Crippen molar-refractivity contribution in [3.63, 3.8) is 0 Å². The summed E-state index contributed by atoms with van der Waals surface area (Å²) in [7, 11) is -3.51. The highest BCUT2D eigenvalue weighted by Crippen LogP contribution is 1.94. The van der Waals surface area contributed by atoms with E-state index in [0.717, 1.165) is 6.26 Å². The molecule has 1 heterocycles. The van der Waals surface area contributed by atoms with Gasteiger partial charge in [-0.1, -0.05) is 0 Å². The molecule has 2 N–H and O–H groups in total. The Bertz CT molecular complexity index is 583. The van der Waals surface area contributed by atoms with Crippen molar-refractivity contribution in [2.75, 3.05) is 12.9 Å². The summed E-state index contributed by atoms with van der Waals surface area (Å²) in [6.07, 6.45) is 3.96. The first kappa shape index (κ1) is 16.1. The van der Waals surface area contributed by atoms with Crippen molar-refractivity contribution in [1.29, 1.82) is 0 Å². The zero-order valence-corrected chi connectivity index (χ0v) is 11.9. The third-order valence-electron chi connectivity index (χ3n) is 2.12. The van der Waals surface area contributed by atoms with Gasteiger partial charge in [-0.15, -0.1) is 4.83 Å². The molecule has 1 amide bonds. The Morgan fingerprint density at radius 3 is 2.40 bits per heavy atom. The van der Waals surface area contributed by atoms with Gasteiger partial charge in [0, 0.05) is 12.1 Å². The lowest BCUT2D eigenvalue weighted by Crippen LogP contribution is -2.42. The number of hydrogen-bond acceptors (Lipinski definition) is 5. The van der Waals surface area contributed by atoms with Gasteiger partial charge in [0.1, 0.15) is 0 Å². The van der Waals surface area contributed by atoms with Crippen LogP contribution in [0.1, 0.15) is 17.3 Å². The number of carbonyl (C=O) groups excluding carboxylic acids is 2. The third kappa shape index (κ3) is 5.76. The van der Waals surface area contributed by atoms with E-state index in [1.54, 1.807) is 11.5 Å². The minimum Gasteiger partial charge on any atom is -0.461 e. The van der Waals surface area contributed by atoms with E-state index in [9.17, 15) is 18.0 Å². The molecule has 0 unspecified atom stereocenters. The molecule has 110 valence electrons. The largest absolute Gasteiger partial charge is 0.461 e.